The third-order valence-corrected chi connectivity index (χ3v) is 4.80. The second-order valence-electron chi connectivity index (χ2n) is 6.83. The zero-order valence-electron chi connectivity index (χ0n) is 14.7. The number of carbonyl (C=O) groups excluding carboxylic acids is 2. The summed E-state index contributed by atoms with van der Waals surface area (Å²) >= 11 is 0. The summed E-state index contributed by atoms with van der Waals surface area (Å²) in [6.45, 7) is 1.44. The Morgan fingerprint density at radius 2 is 1.85 bits per heavy atom. The fourth-order valence-corrected chi connectivity index (χ4v) is 3.32. The summed E-state index contributed by atoms with van der Waals surface area (Å²) in [5.74, 6) is -1.23. The minimum absolute atomic E-state index is 0.154. The van der Waals surface area contributed by atoms with Crippen molar-refractivity contribution in [2.24, 2.45) is 0 Å². The number of amides is 1. The number of anilines is 1. The molecule has 1 saturated carbocycles. The van der Waals surface area contributed by atoms with Crippen LogP contribution in [0.3, 0.4) is 0 Å². The van der Waals surface area contributed by atoms with Crippen LogP contribution >= 0.6 is 0 Å². The Morgan fingerprint density at radius 1 is 1.11 bits per heavy atom. The van der Waals surface area contributed by atoms with Crippen LogP contribution in [0, 0.1) is 0 Å². The maximum Gasteiger partial charge on any atom is 0.335 e. The molecule has 2 aromatic carbocycles. The van der Waals surface area contributed by atoms with Crippen molar-refractivity contribution in [2.45, 2.75) is 25.7 Å². The van der Waals surface area contributed by atoms with Gasteiger partial charge in [0.2, 0.25) is 5.91 Å². The van der Waals surface area contributed by atoms with Gasteiger partial charge in [0.15, 0.2) is 0 Å². The van der Waals surface area contributed by atoms with Crippen molar-refractivity contribution in [3.05, 3.63) is 65.4 Å². The van der Waals surface area contributed by atoms with Gasteiger partial charge < -0.3 is 10.4 Å². The summed E-state index contributed by atoms with van der Waals surface area (Å²) in [6.07, 6.45) is 3.58. The molecule has 1 aromatic heterocycles. The van der Waals surface area contributed by atoms with Gasteiger partial charge in [-0.1, -0.05) is 18.2 Å². The molecule has 0 radical (unpaired) electrons. The van der Waals surface area contributed by atoms with E-state index < -0.39 is 5.97 Å². The zero-order valence-corrected chi connectivity index (χ0v) is 14.7. The first-order chi connectivity index (χ1) is 12.9. The van der Waals surface area contributed by atoms with Gasteiger partial charge in [0.05, 0.1) is 16.6 Å². The van der Waals surface area contributed by atoms with Gasteiger partial charge >= 0.3 is 5.97 Å². The second-order valence-corrected chi connectivity index (χ2v) is 6.83. The number of fused-ring (bicyclic) bond motifs is 1. The average molecular weight is 362 g/mol. The van der Waals surface area contributed by atoms with Crippen molar-refractivity contribution in [3.8, 4) is 0 Å². The topological polar surface area (TPSA) is 88.4 Å². The van der Waals surface area contributed by atoms with Crippen LogP contribution in [0.1, 0.15) is 56.8 Å². The quantitative estimate of drug-likeness (QED) is 0.730. The lowest BCUT2D eigenvalue weighted by Gasteiger charge is -2.09. The van der Waals surface area contributed by atoms with Crippen molar-refractivity contribution in [1.29, 1.82) is 0 Å². The first-order valence-electron chi connectivity index (χ1n) is 8.74. The number of carbonyl (C=O) groups is 3. The highest BCUT2D eigenvalue weighted by Crippen LogP contribution is 2.41. The molecule has 2 N–H and O–H groups in total. The largest absolute Gasteiger partial charge is 0.478 e. The number of rotatable bonds is 4. The van der Waals surface area contributed by atoms with Crippen LogP contribution < -0.4 is 5.32 Å². The van der Waals surface area contributed by atoms with Gasteiger partial charge in [-0.3, -0.25) is 14.2 Å². The van der Waals surface area contributed by atoms with Crippen LogP contribution in [0.4, 0.5) is 5.69 Å². The maximum absolute atomic E-state index is 12.9. The summed E-state index contributed by atoms with van der Waals surface area (Å²) < 4.78 is 1.44. The Balaban J connectivity index is 1.72. The number of nitrogens with zero attached hydrogens (tertiary/aromatic N) is 1. The summed E-state index contributed by atoms with van der Waals surface area (Å²) in [4.78, 5) is 36.1. The van der Waals surface area contributed by atoms with E-state index in [0.29, 0.717) is 28.1 Å². The molecule has 0 bridgehead atoms. The maximum atomic E-state index is 12.9. The van der Waals surface area contributed by atoms with Crippen molar-refractivity contribution in [3.63, 3.8) is 0 Å². The number of aromatic carboxylic acids is 1. The van der Waals surface area contributed by atoms with Crippen molar-refractivity contribution in [2.75, 3.05) is 5.32 Å². The van der Waals surface area contributed by atoms with Gasteiger partial charge in [0.1, 0.15) is 0 Å². The third-order valence-electron chi connectivity index (χ3n) is 4.80. The van der Waals surface area contributed by atoms with E-state index in [2.05, 4.69) is 5.32 Å². The molecular formula is C21H18N2O4. The fourth-order valence-electron chi connectivity index (χ4n) is 3.32. The van der Waals surface area contributed by atoms with Crippen LogP contribution in [0.5, 0.6) is 0 Å². The van der Waals surface area contributed by atoms with Gasteiger partial charge in [-0.25, -0.2) is 4.79 Å². The lowest BCUT2D eigenvalue weighted by Crippen LogP contribution is -2.13. The fraction of sp³-hybridized carbons (Fsp3) is 0.190. The molecule has 0 unspecified atom stereocenters. The molecule has 1 heterocycles. The van der Waals surface area contributed by atoms with Crippen molar-refractivity contribution >= 4 is 34.4 Å². The lowest BCUT2D eigenvalue weighted by atomic mass is 10.1. The van der Waals surface area contributed by atoms with E-state index in [-0.39, 0.29) is 17.4 Å². The third kappa shape index (κ3) is 3.21. The molecule has 136 valence electrons. The molecule has 0 spiro atoms. The molecule has 1 aliphatic rings. The number of hydrogen-bond donors (Lipinski definition) is 2. The summed E-state index contributed by atoms with van der Waals surface area (Å²) in [5, 5.41) is 12.8. The molecule has 0 atom stereocenters. The summed E-state index contributed by atoms with van der Waals surface area (Å²) in [6, 6.07) is 12.1. The Kier molecular flexibility index (Phi) is 4.03. The second kappa shape index (κ2) is 6.39. The van der Waals surface area contributed by atoms with E-state index in [1.807, 2.05) is 12.1 Å². The summed E-state index contributed by atoms with van der Waals surface area (Å²) in [7, 11) is 0. The van der Waals surface area contributed by atoms with Crippen LogP contribution in [0.15, 0.2) is 48.7 Å². The monoisotopic (exact) mass is 362 g/mol. The predicted octanol–water partition coefficient (Wildman–Crippen LogP) is 4.13. The number of nitrogens with one attached hydrogen (secondary N) is 1. The smallest absolute Gasteiger partial charge is 0.335 e. The predicted molar refractivity (Wildman–Crippen MR) is 102 cm³/mol. The SMILES string of the molecule is CC(=O)n1cc(C(=O)Nc2cc(C(=O)O)cc(C3CC3)c2)c2ccccc21. The summed E-state index contributed by atoms with van der Waals surface area (Å²) in [5.41, 5.74) is 2.56. The Morgan fingerprint density at radius 3 is 2.52 bits per heavy atom. The number of aromatic nitrogens is 1. The van der Waals surface area contributed by atoms with E-state index in [4.69, 9.17) is 0 Å². The Bertz CT molecular complexity index is 1090. The van der Waals surface area contributed by atoms with E-state index in [9.17, 15) is 19.5 Å². The van der Waals surface area contributed by atoms with Crippen LogP contribution in [-0.4, -0.2) is 27.5 Å². The number of carboxylic acids is 1. The molecule has 6 nitrogen and oxygen atoms in total. The molecule has 0 aliphatic heterocycles. The Labute approximate surface area is 155 Å². The van der Waals surface area contributed by atoms with Gasteiger partial charge in [0.25, 0.3) is 5.91 Å². The van der Waals surface area contributed by atoms with Crippen LogP contribution in [-0.2, 0) is 0 Å². The molecule has 3 aromatic rings. The average Bonchev–Trinajstić information content (AvgIpc) is 3.41. The molecule has 1 amide bonds. The van der Waals surface area contributed by atoms with Crippen LogP contribution in [0.25, 0.3) is 10.9 Å². The minimum atomic E-state index is -1.03. The molecular weight excluding hydrogens is 344 g/mol. The van der Waals surface area contributed by atoms with E-state index in [1.165, 1.54) is 23.8 Å². The van der Waals surface area contributed by atoms with Gasteiger partial charge in [0, 0.05) is 24.2 Å². The highest BCUT2D eigenvalue weighted by atomic mass is 16.4. The minimum Gasteiger partial charge on any atom is -0.478 e. The lowest BCUT2D eigenvalue weighted by molar-refractivity contribution is 0.0696. The highest BCUT2D eigenvalue weighted by Gasteiger charge is 2.25. The molecule has 27 heavy (non-hydrogen) atoms. The molecule has 1 aliphatic carbocycles. The number of para-hydroxylation sites is 1. The van der Waals surface area contributed by atoms with Crippen molar-refractivity contribution < 1.29 is 19.5 Å². The Hall–Kier alpha value is -3.41. The van der Waals surface area contributed by atoms with Gasteiger partial charge in [-0.05, 0) is 48.6 Å². The molecule has 0 saturated heterocycles. The van der Waals surface area contributed by atoms with Crippen molar-refractivity contribution in [1.82, 2.24) is 4.57 Å². The van der Waals surface area contributed by atoms with Gasteiger partial charge in [-0.2, -0.15) is 0 Å². The number of carboxylic acid groups (broad SMARTS) is 1. The van der Waals surface area contributed by atoms with E-state index in [0.717, 1.165) is 18.4 Å². The number of hydrogen-bond acceptors (Lipinski definition) is 3. The first kappa shape index (κ1) is 17.0. The highest BCUT2D eigenvalue weighted by molar-refractivity contribution is 6.14. The number of benzene rings is 2. The van der Waals surface area contributed by atoms with E-state index >= 15 is 0 Å². The molecule has 4 rings (SSSR count). The standard InChI is InChI=1S/C21H18N2O4/c1-12(24)23-11-18(17-4-2-3-5-19(17)23)20(25)22-16-9-14(13-6-7-13)8-15(10-16)21(26)27/h2-5,8-11,13H,6-7H2,1H3,(H,22,25)(H,26,27). The molecule has 1 fully saturated rings. The van der Waals surface area contributed by atoms with Crippen LogP contribution in [0.2, 0.25) is 0 Å². The molecule has 6 heteroatoms. The van der Waals surface area contributed by atoms with Gasteiger partial charge in [-0.15, -0.1) is 0 Å². The first-order valence-corrected chi connectivity index (χ1v) is 8.74. The normalized spacial score (nSPS) is 13.5. The van der Waals surface area contributed by atoms with E-state index in [1.54, 1.807) is 24.3 Å². The zero-order chi connectivity index (χ0) is 19.1.